The molecule has 1 aliphatic heterocycles. The van der Waals surface area contributed by atoms with E-state index in [1.807, 2.05) is 27.7 Å². The lowest BCUT2D eigenvalue weighted by Gasteiger charge is -2.29. The molecule has 0 spiro atoms. The van der Waals surface area contributed by atoms with Crippen LogP contribution in [0.5, 0.6) is 0 Å². The SMILES string of the molecule is CC(C)C[C@H](NC(=O)CNC(=O)[C@@H](N)CC(C)C)C(=O)N1CCC[C@H]1C(=O)NCCCNc1cccc2c1C(=O)c1ccccc1C2=O.O=C(O)C(F)(F)F. The van der Waals surface area contributed by atoms with Crippen LogP contribution in [0.15, 0.2) is 42.5 Å². The maximum Gasteiger partial charge on any atom is 0.490 e. The van der Waals surface area contributed by atoms with E-state index in [1.54, 1.807) is 42.5 Å². The van der Waals surface area contributed by atoms with Crippen LogP contribution in [0.3, 0.4) is 0 Å². The molecule has 4 amide bonds. The number of nitrogens with zero attached hydrogens (tertiary/aromatic N) is 1. The Kier molecular flexibility index (Phi) is 15.9. The van der Waals surface area contributed by atoms with Crippen LogP contribution in [0.1, 0.15) is 91.6 Å². The molecule has 2 aliphatic rings. The molecule has 0 unspecified atom stereocenters. The second-order valence-corrected chi connectivity index (χ2v) is 14.2. The van der Waals surface area contributed by atoms with Gasteiger partial charge in [-0.3, -0.25) is 28.8 Å². The van der Waals surface area contributed by atoms with Crippen molar-refractivity contribution in [3.05, 3.63) is 64.7 Å². The zero-order valence-corrected chi connectivity index (χ0v) is 31.3. The highest BCUT2D eigenvalue weighted by Gasteiger charge is 2.39. The lowest BCUT2D eigenvalue weighted by Crippen LogP contribution is -2.55. The van der Waals surface area contributed by atoms with Gasteiger partial charge in [-0.15, -0.1) is 0 Å². The number of halogens is 3. The average molecular weight is 775 g/mol. The summed E-state index contributed by atoms with van der Waals surface area (Å²) >= 11 is 0. The summed E-state index contributed by atoms with van der Waals surface area (Å²) in [7, 11) is 0. The number of hydrogen-bond donors (Lipinski definition) is 6. The number of carboxylic acids is 1. The zero-order valence-electron chi connectivity index (χ0n) is 31.3. The Hall–Kier alpha value is -5.32. The first kappa shape index (κ1) is 44.1. The third kappa shape index (κ3) is 12.3. The molecule has 0 bridgehead atoms. The molecule has 2 aromatic rings. The second-order valence-electron chi connectivity index (χ2n) is 14.2. The Labute approximate surface area is 317 Å². The van der Waals surface area contributed by atoms with Crippen molar-refractivity contribution in [2.24, 2.45) is 17.6 Å². The largest absolute Gasteiger partial charge is 0.490 e. The monoisotopic (exact) mass is 774 g/mol. The van der Waals surface area contributed by atoms with Crippen LogP contribution < -0.4 is 27.0 Å². The second kappa shape index (κ2) is 19.8. The lowest BCUT2D eigenvalue weighted by atomic mass is 9.83. The number of anilines is 1. The van der Waals surface area contributed by atoms with Gasteiger partial charge in [0.15, 0.2) is 11.6 Å². The molecule has 55 heavy (non-hydrogen) atoms. The highest BCUT2D eigenvalue weighted by atomic mass is 19.4. The molecule has 3 atom stereocenters. The number of alkyl halides is 3. The predicted molar refractivity (Wildman–Crippen MR) is 196 cm³/mol. The zero-order chi connectivity index (χ0) is 41.0. The Morgan fingerprint density at radius 3 is 2.07 bits per heavy atom. The number of aliphatic carboxylic acids is 1. The first-order valence-electron chi connectivity index (χ1n) is 18.1. The summed E-state index contributed by atoms with van der Waals surface area (Å²) in [5.74, 6) is -4.34. The summed E-state index contributed by atoms with van der Waals surface area (Å²) in [5, 5.41) is 18.6. The first-order chi connectivity index (χ1) is 25.8. The topological polar surface area (TPSA) is 217 Å². The van der Waals surface area contributed by atoms with Gasteiger partial charge in [-0.2, -0.15) is 13.2 Å². The number of nitrogens with two attached hydrogens (primary N) is 1. The van der Waals surface area contributed by atoms with Crippen LogP contribution in [0.25, 0.3) is 0 Å². The summed E-state index contributed by atoms with van der Waals surface area (Å²) in [6.07, 6.45) is -2.51. The molecule has 0 saturated carbocycles. The molecule has 300 valence electrons. The van der Waals surface area contributed by atoms with E-state index in [9.17, 15) is 41.9 Å². The van der Waals surface area contributed by atoms with Crippen LogP contribution in [0.2, 0.25) is 0 Å². The van der Waals surface area contributed by atoms with Gasteiger partial charge in [0.1, 0.15) is 12.1 Å². The van der Waals surface area contributed by atoms with Crippen molar-refractivity contribution in [1.82, 2.24) is 20.9 Å². The number of carboxylic acid groups (broad SMARTS) is 1. The van der Waals surface area contributed by atoms with Gasteiger partial charge in [0, 0.05) is 42.0 Å². The minimum Gasteiger partial charge on any atom is -0.475 e. The minimum absolute atomic E-state index is 0.0917. The van der Waals surface area contributed by atoms with Gasteiger partial charge >= 0.3 is 12.1 Å². The van der Waals surface area contributed by atoms with Crippen LogP contribution in [0, 0.1) is 11.8 Å². The van der Waals surface area contributed by atoms with Crippen molar-refractivity contribution >= 4 is 46.9 Å². The Balaban J connectivity index is 0.00000106. The number of benzene rings is 2. The number of ketones is 2. The molecule has 2 aromatic carbocycles. The molecule has 17 heteroatoms. The summed E-state index contributed by atoms with van der Waals surface area (Å²) in [5.41, 5.74) is 7.97. The number of hydrogen-bond acceptors (Lipinski definition) is 9. The first-order valence-corrected chi connectivity index (χ1v) is 18.1. The summed E-state index contributed by atoms with van der Waals surface area (Å²) in [6.45, 7) is 8.67. The third-order valence-electron chi connectivity index (χ3n) is 8.83. The number of nitrogens with one attached hydrogen (secondary N) is 4. The van der Waals surface area contributed by atoms with Crippen molar-refractivity contribution in [2.45, 2.75) is 84.1 Å². The van der Waals surface area contributed by atoms with E-state index >= 15 is 0 Å². The Bertz CT molecular complexity index is 1750. The number of likely N-dealkylation sites (tertiary alicyclic amines) is 1. The van der Waals surface area contributed by atoms with E-state index in [0.29, 0.717) is 79.7 Å². The molecule has 1 heterocycles. The minimum atomic E-state index is -5.08. The molecule has 0 aromatic heterocycles. The maximum atomic E-state index is 13.6. The summed E-state index contributed by atoms with van der Waals surface area (Å²) in [6, 6.07) is 9.74. The Morgan fingerprint density at radius 2 is 1.47 bits per heavy atom. The predicted octanol–water partition coefficient (Wildman–Crippen LogP) is 3.03. The highest BCUT2D eigenvalue weighted by molar-refractivity contribution is 6.30. The Morgan fingerprint density at radius 1 is 0.873 bits per heavy atom. The number of amides is 4. The molecular weight excluding hydrogens is 725 g/mol. The van der Waals surface area contributed by atoms with Crippen LogP contribution in [-0.2, 0) is 24.0 Å². The van der Waals surface area contributed by atoms with Crippen LogP contribution in [-0.4, -0.2) is 102 Å². The normalized spacial score (nSPS) is 16.0. The van der Waals surface area contributed by atoms with Gasteiger partial charge in [-0.1, -0.05) is 64.1 Å². The van der Waals surface area contributed by atoms with E-state index in [-0.39, 0.29) is 41.8 Å². The van der Waals surface area contributed by atoms with Gasteiger partial charge in [-0.25, -0.2) is 4.79 Å². The smallest absolute Gasteiger partial charge is 0.475 e. The quantitative estimate of drug-likeness (QED) is 0.124. The van der Waals surface area contributed by atoms with Crippen molar-refractivity contribution in [3.63, 3.8) is 0 Å². The van der Waals surface area contributed by atoms with Crippen molar-refractivity contribution in [2.75, 3.05) is 31.5 Å². The fourth-order valence-electron chi connectivity index (χ4n) is 6.29. The van der Waals surface area contributed by atoms with E-state index < -0.39 is 42.1 Å². The molecule has 1 aliphatic carbocycles. The van der Waals surface area contributed by atoms with Crippen molar-refractivity contribution in [1.29, 1.82) is 0 Å². The lowest BCUT2D eigenvalue weighted by molar-refractivity contribution is -0.192. The molecule has 7 N–H and O–H groups in total. The summed E-state index contributed by atoms with van der Waals surface area (Å²) < 4.78 is 31.7. The average Bonchev–Trinajstić information content (AvgIpc) is 3.61. The van der Waals surface area contributed by atoms with Crippen LogP contribution >= 0.6 is 0 Å². The maximum absolute atomic E-state index is 13.6. The van der Waals surface area contributed by atoms with Gasteiger partial charge in [0.25, 0.3) is 0 Å². The van der Waals surface area contributed by atoms with E-state index in [1.165, 1.54) is 4.90 Å². The number of rotatable bonds is 15. The molecule has 14 nitrogen and oxygen atoms in total. The number of fused-ring (bicyclic) bond motifs is 2. The molecule has 0 radical (unpaired) electrons. The number of carbonyl (C=O) groups is 7. The summed E-state index contributed by atoms with van der Waals surface area (Å²) in [4.78, 5) is 88.5. The van der Waals surface area contributed by atoms with Gasteiger partial charge in [-0.05, 0) is 50.0 Å². The molecule has 1 saturated heterocycles. The fourth-order valence-corrected chi connectivity index (χ4v) is 6.29. The van der Waals surface area contributed by atoms with Gasteiger partial charge in [0.05, 0.1) is 18.2 Å². The van der Waals surface area contributed by atoms with Crippen LogP contribution in [0.4, 0.5) is 18.9 Å². The highest BCUT2D eigenvalue weighted by Crippen LogP contribution is 2.32. The molecule has 4 rings (SSSR count). The molecular formula is C38H49F3N6O8. The van der Waals surface area contributed by atoms with Gasteiger partial charge in [0.2, 0.25) is 23.6 Å². The fraction of sp³-hybridized carbons (Fsp3) is 0.500. The van der Waals surface area contributed by atoms with E-state index in [0.717, 1.165) is 0 Å². The molecule has 1 fully saturated rings. The van der Waals surface area contributed by atoms with E-state index in [2.05, 4.69) is 21.3 Å². The van der Waals surface area contributed by atoms with Gasteiger partial charge < -0.3 is 37.0 Å². The van der Waals surface area contributed by atoms with Crippen molar-refractivity contribution in [3.8, 4) is 0 Å². The third-order valence-corrected chi connectivity index (χ3v) is 8.83. The standard InChI is InChI=1S/C36H48N6O6.C2HF3O2/c1-21(2)18-26(37)34(46)40-20-30(43)41-28(19-22(3)4)36(48)42-17-8-14-29(42)35(47)39-16-9-15-38-27-13-7-12-25-31(27)33(45)24-11-6-5-10-23(24)32(25)44;3-2(4,5)1(6)7/h5-7,10-13,21-22,26,28-29,38H,8-9,14-20,37H2,1-4H3,(H,39,47)(H,40,46)(H,41,43);(H,6,7)/t26-,28-,29-;/m0./s1. The number of carbonyl (C=O) groups excluding carboxylic acids is 6. The van der Waals surface area contributed by atoms with Crippen molar-refractivity contribution < 1.29 is 51.8 Å². The van der Waals surface area contributed by atoms with E-state index in [4.69, 9.17) is 15.6 Å².